The molecule has 3 rings (SSSR count). The van der Waals surface area contributed by atoms with Crippen molar-refractivity contribution in [2.75, 3.05) is 25.6 Å². The quantitative estimate of drug-likeness (QED) is 0.715. The first-order valence-electron chi connectivity index (χ1n) is 8.61. The van der Waals surface area contributed by atoms with Crippen LogP contribution in [0.1, 0.15) is 23.2 Å². The van der Waals surface area contributed by atoms with E-state index < -0.39 is 0 Å². The average molecular weight is 354 g/mol. The van der Waals surface area contributed by atoms with Crippen LogP contribution in [-0.4, -0.2) is 32.1 Å². The van der Waals surface area contributed by atoms with Crippen molar-refractivity contribution >= 4 is 17.5 Å². The molecular weight excluding hydrogens is 332 g/mol. The van der Waals surface area contributed by atoms with Crippen molar-refractivity contribution in [2.45, 2.75) is 12.8 Å². The molecule has 0 aliphatic heterocycles. The monoisotopic (exact) mass is 354 g/mol. The van der Waals surface area contributed by atoms with E-state index in [0.29, 0.717) is 30.2 Å². The summed E-state index contributed by atoms with van der Waals surface area (Å²) in [6.07, 6.45) is 1.89. The maximum absolute atomic E-state index is 12.2. The summed E-state index contributed by atoms with van der Waals surface area (Å²) in [5.74, 6) is 1.34. The average Bonchev–Trinajstić information content (AvgIpc) is 3.51. The van der Waals surface area contributed by atoms with Crippen LogP contribution in [0.2, 0.25) is 0 Å². The van der Waals surface area contributed by atoms with Gasteiger partial charge in [0.05, 0.1) is 13.7 Å². The molecule has 0 radical (unpaired) electrons. The van der Waals surface area contributed by atoms with E-state index in [1.165, 1.54) is 0 Å². The standard InChI is InChI=1S/C20H22N2O4/c1-25-17-6-3-7-18(13-17)26-11-10-21-19(23)15-4-2-5-16(12-15)22-20(24)14-8-9-14/h2-7,12-14H,8-11H2,1H3,(H,21,23)(H,22,24). The zero-order valence-electron chi connectivity index (χ0n) is 14.7. The van der Waals surface area contributed by atoms with Crippen molar-refractivity contribution in [1.29, 1.82) is 0 Å². The second-order valence-electron chi connectivity index (χ2n) is 6.13. The van der Waals surface area contributed by atoms with Crippen LogP contribution in [0.3, 0.4) is 0 Å². The van der Waals surface area contributed by atoms with Crippen molar-refractivity contribution in [1.82, 2.24) is 5.32 Å². The Labute approximate surface area is 152 Å². The SMILES string of the molecule is COc1cccc(OCCNC(=O)c2cccc(NC(=O)C3CC3)c2)c1. The van der Waals surface area contributed by atoms with Crippen LogP contribution in [0, 0.1) is 5.92 Å². The van der Waals surface area contributed by atoms with Gasteiger partial charge in [0.15, 0.2) is 0 Å². The maximum atomic E-state index is 12.2. The van der Waals surface area contributed by atoms with Gasteiger partial charge in [0.2, 0.25) is 5.91 Å². The molecule has 26 heavy (non-hydrogen) atoms. The Morgan fingerprint density at radius 2 is 1.85 bits per heavy atom. The van der Waals surface area contributed by atoms with Crippen molar-refractivity contribution in [3.63, 3.8) is 0 Å². The fraction of sp³-hybridized carbons (Fsp3) is 0.300. The Bertz CT molecular complexity index is 787. The Balaban J connectivity index is 1.46. The molecule has 1 fully saturated rings. The number of carbonyl (C=O) groups excluding carboxylic acids is 2. The molecule has 0 bridgehead atoms. The van der Waals surface area contributed by atoms with E-state index in [4.69, 9.17) is 9.47 Å². The Kier molecular flexibility index (Phi) is 5.73. The van der Waals surface area contributed by atoms with E-state index in [0.717, 1.165) is 18.6 Å². The summed E-state index contributed by atoms with van der Waals surface area (Å²) in [6, 6.07) is 14.2. The number of amides is 2. The third-order valence-corrected chi connectivity index (χ3v) is 4.04. The fourth-order valence-corrected chi connectivity index (χ4v) is 2.45. The number of hydrogen-bond donors (Lipinski definition) is 2. The van der Waals surface area contributed by atoms with Gasteiger partial charge in [0.25, 0.3) is 5.91 Å². The van der Waals surface area contributed by atoms with Gasteiger partial charge in [-0.2, -0.15) is 0 Å². The molecule has 136 valence electrons. The maximum Gasteiger partial charge on any atom is 0.251 e. The topological polar surface area (TPSA) is 76.7 Å². The molecule has 0 aromatic heterocycles. The molecule has 0 unspecified atom stereocenters. The molecule has 6 nitrogen and oxygen atoms in total. The minimum atomic E-state index is -0.207. The molecule has 0 atom stereocenters. The van der Waals surface area contributed by atoms with E-state index >= 15 is 0 Å². The molecular formula is C20H22N2O4. The van der Waals surface area contributed by atoms with Gasteiger partial charge in [-0.3, -0.25) is 9.59 Å². The molecule has 2 aromatic rings. The summed E-state index contributed by atoms with van der Waals surface area (Å²) in [5, 5.41) is 5.65. The van der Waals surface area contributed by atoms with Crippen molar-refractivity contribution in [3.8, 4) is 11.5 Å². The van der Waals surface area contributed by atoms with Crippen LogP contribution >= 0.6 is 0 Å². The normalized spacial score (nSPS) is 13.0. The van der Waals surface area contributed by atoms with Gasteiger partial charge in [-0.05, 0) is 43.2 Å². The van der Waals surface area contributed by atoms with Gasteiger partial charge in [0.1, 0.15) is 18.1 Å². The number of anilines is 1. The van der Waals surface area contributed by atoms with Crippen LogP contribution in [0.25, 0.3) is 0 Å². The number of ether oxygens (including phenoxy) is 2. The zero-order chi connectivity index (χ0) is 18.4. The highest BCUT2D eigenvalue weighted by molar-refractivity contribution is 5.98. The minimum absolute atomic E-state index is 0.0225. The lowest BCUT2D eigenvalue weighted by Crippen LogP contribution is -2.28. The predicted octanol–water partition coefficient (Wildman–Crippen LogP) is 2.85. The van der Waals surface area contributed by atoms with Gasteiger partial charge in [-0.25, -0.2) is 0 Å². The van der Waals surface area contributed by atoms with Gasteiger partial charge in [-0.1, -0.05) is 12.1 Å². The Morgan fingerprint density at radius 1 is 1.08 bits per heavy atom. The van der Waals surface area contributed by atoms with E-state index in [9.17, 15) is 9.59 Å². The molecule has 1 aliphatic carbocycles. The first kappa shape index (κ1) is 17.8. The van der Waals surface area contributed by atoms with Crippen LogP contribution in [-0.2, 0) is 4.79 Å². The van der Waals surface area contributed by atoms with E-state index in [2.05, 4.69) is 10.6 Å². The first-order chi connectivity index (χ1) is 12.7. The summed E-state index contributed by atoms with van der Waals surface area (Å²) in [7, 11) is 1.60. The predicted molar refractivity (Wildman–Crippen MR) is 98.6 cm³/mol. The highest BCUT2D eigenvalue weighted by Crippen LogP contribution is 2.30. The number of methoxy groups -OCH3 is 1. The van der Waals surface area contributed by atoms with Gasteiger partial charge < -0.3 is 20.1 Å². The third kappa shape index (κ3) is 4.99. The van der Waals surface area contributed by atoms with Crippen LogP contribution in [0.5, 0.6) is 11.5 Å². The van der Waals surface area contributed by atoms with E-state index in [1.807, 2.05) is 18.2 Å². The second kappa shape index (κ2) is 8.38. The van der Waals surface area contributed by atoms with Gasteiger partial charge in [-0.15, -0.1) is 0 Å². The second-order valence-corrected chi connectivity index (χ2v) is 6.13. The number of hydrogen-bond acceptors (Lipinski definition) is 4. The summed E-state index contributed by atoms with van der Waals surface area (Å²) in [6.45, 7) is 0.714. The lowest BCUT2D eigenvalue weighted by atomic mass is 10.2. The molecule has 0 saturated heterocycles. The highest BCUT2D eigenvalue weighted by atomic mass is 16.5. The molecule has 2 aromatic carbocycles. The molecule has 0 spiro atoms. The number of benzene rings is 2. The Hall–Kier alpha value is -3.02. The Morgan fingerprint density at radius 3 is 2.62 bits per heavy atom. The molecule has 2 N–H and O–H groups in total. The highest BCUT2D eigenvalue weighted by Gasteiger charge is 2.29. The molecule has 1 saturated carbocycles. The summed E-state index contributed by atoms with van der Waals surface area (Å²) < 4.78 is 10.7. The summed E-state index contributed by atoms with van der Waals surface area (Å²) in [5.41, 5.74) is 1.14. The van der Waals surface area contributed by atoms with Crippen LogP contribution < -0.4 is 20.1 Å². The molecule has 2 amide bonds. The zero-order valence-corrected chi connectivity index (χ0v) is 14.7. The minimum Gasteiger partial charge on any atom is -0.497 e. The lowest BCUT2D eigenvalue weighted by molar-refractivity contribution is -0.117. The van der Waals surface area contributed by atoms with Gasteiger partial charge in [0, 0.05) is 23.2 Å². The van der Waals surface area contributed by atoms with Crippen LogP contribution in [0.4, 0.5) is 5.69 Å². The number of carbonyl (C=O) groups is 2. The lowest BCUT2D eigenvalue weighted by Gasteiger charge is -2.10. The number of nitrogens with one attached hydrogen (secondary N) is 2. The smallest absolute Gasteiger partial charge is 0.251 e. The van der Waals surface area contributed by atoms with E-state index in [1.54, 1.807) is 37.4 Å². The van der Waals surface area contributed by atoms with Crippen molar-refractivity contribution < 1.29 is 19.1 Å². The summed E-state index contributed by atoms with van der Waals surface area (Å²) in [4.78, 5) is 24.1. The molecule has 0 heterocycles. The molecule has 6 heteroatoms. The fourth-order valence-electron chi connectivity index (χ4n) is 2.45. The van der Waals surface area contributed by atoms with E-state index in [-0.39, 0.29) is 17.7 Å². The van der Waals surface area contributed by atoms with Crippen molar-refractivity contribution in [3.05, 3.63) is 54.1 Å². The van der Waals surface area contributed by atoms with Gasteiger partial charge >= 0.3 is 0 Å². The number of rotatable bonds is 8. The van der Waals surface area contributed by atoms with Crippen LogP contribution in [0.15, 0.2) is 48.5 Å². The summed E-state index contributed by atoms with van der Waals surface area (Å²) >= 11 is 0. The largest absolute Gasteiger partial charge is 0.497 e. The van der Waals surface area contributed by atoms with Crippen molar-refractivity contribution in [2.24, 2.45) is 5.92 Å². The third-order valence-electron chi connectivity index (χ3n) is 4.04. The first-order valence-corrected chi connectivity index (χ1v) is 8.61. The molecule has 1 aliphatic rings.